The lowest BCUT2D eigenvalue weighted by Crippen LogP contribution is -2.51. The molecule has 8 heteroatoms. The second-order valence-corrected chi connectivity index (χ2v) is 9.37. The van der Waals surface area contributed by atoms with Gasteiger partial charge in [-0.25, -0.2) is 4.79 Å². The molecule has 0 fully saturated rings. The molecular formula is C26H39N3O5. The lowest BCUT2D eigenvalue weighted by atomic mass is 10.1. The van der Waals surface area contributed by atoms with E-state index in [4.69, 9.17) is 13.9 Å². The van der Waals surface area contributed by atoms with Crippen molar-refractivity contribution in [3.8, 4) is 11.5 Å². The molecule has 1 N–H and O–H groups in total. The number of methoxy groups -OCH3 is 2. The van der Waals surface area contributed by atoms with Gasteiger partial charge in [-0.1, -0.05) is 13.0 Å². The van der Waals surface area contributed by atoms with Gasteiger partial charge in [0.05, 0.1) is 20.8 Å². The smallest absolute Gasteiger partial charge is 0.318 e. The molecule has 3 amide bonds. The molecule has 0 atom stereocenters. The van der Waals surface area contributed by atoms with Crippen LogP contribution < -0.4 is 14.8 Å². The third-order valence-corrected chi connectivity index (χ3v) is 5.20. The predicted octanol–water partition coefficient (Wildman–Crippen LogP) is 4.40. The van der Waals surface area contributed by atoms with Crippen LogP contribution in [0.5, 0.6) is 11.5 Å². The van der Waals surface area contributed by atoms with Crippen molar-refractivity contribution in [3.63, 3.8) is 0 Å². The summed E-state index contributed by atoms with van der Waals surface area (Å²) >= 11 is 0. The van der Waals surface area contributed by atoms with Gasteiger partial charge >= 0.3 is 6.03 Å². The first-order valence-corrected chi connectivity index (χ1v) is 11.7. The van der Waals surface area contributed by atoms with Crippen molar-refractivity contribution >= 4 is 11.9 Å². The summed E-state index contributed by atoms with van der Waals surface area (Å²) in [6.07, 6.45) is 1.38. The Hall–Kier alpha value is -3.16. The Balaban J connectivity index is 2.18. The second kappa shape index (κ2) is 12.3. The molecule has 0 saturated carbocycles. The van der Waals surface area contributed by atoms with Crippen molar-refractivity contribution in [1.29, 1.82) is 0 Å². The minimum atomic E-state index is -0.384. The molecule has 8 nitrogen and oxygen atoms in total. The van der Waals surface area contributed by atoms with E-state index in [1.54, 1.807) is 24.0 Å². The van der Waals surface area contributed by atoms with E-state index >= 15 is 0 Å². The van der Waals surface area contributed by atoms with E-state index in [1.807, 2.05) is 65.0 Å². The monoisotopic (exact) mass is 473 g/mol. The molecule has 2 aromatic rings. The average Bonchev–Trinajstić information content (AvgIpc) is 3.19. The number of ether oxygens (including phenoxy) is 2. The number of hydrogen-bond acceptors (Lipinski definition) is 5. The van der Waals surface area contributed by atoms with Crippen molar-refractivity contribution in [2.45, 2.75) is 59.5 Å². The van der Waals surface area contributed by atoms with Crippen molar-refractivity contribution in [3.05, 3.63) is 47.4 Å². The average molecular weight is 474 g/mol. The zero-order valence-electron chi connectivity index (χ0n) is 21.6. The van der Waals surface area contributed by atoms with E-state index in [0.717, 1.165) is 17.7 Å². The summed E-state index contributed by atoms with van der Waals surface area (Å²) in [6, 6.07) is 9.25. The fourth-order valence-electron chi connectivity index (χ4n) is 3.54. The van der Waals surface area contributed by atoms with Gasteiger partial charge in [0.2, 0.25) is 5.91 Å². The summed E-state index contributed by atoms with van der Waals surface area (Å²) in [5.41, 5.74) is 0.632. The lowest BCUT2D eigenvalue weighted by Gasteiger charge is -2.30. The molecule has 0 unspecified atom stereocenters. The second-order valence-electron chi connectivity index (χ2n) is 9.37. The summed E-state index contributed by atoms with van der Waals surface area (Å²) in [5, 5.41) is 2.95. The summed E-state index contributed by atoms with van der Waals surface area (Å²) in [5.74, 6) is 2.67. The first kappa shape index (κ1) is 27.1. The van der Waals surface area contributed by atoms with Gasteiger partial charge < -0.3 is 29.0 Å². The van der Waals surface area contributed by atoms with Crippen LogP contribution >= 0.6 is 0 Å². The molecule has 34 heavy (non-hydrogen) atoms. The van der Waals surface area contributed by atoms with E-state index in [1.165, 1.54) is 0 Å². The standard InChI is InChI=1S/C26H39N3O5/c1-8-14-29(25(31)27-26(3,4)5)18-24(30)28(17-21-11-9-19(2)34-21)15-13-20-10-12-22(32-6)23(16-20)33-7/h9-12,16H,8,13-15,17-18H2,1-7H3,(H,27,31). The van der Waals surface area contributed by atoms with Crippen molar-refractivity contribution < 1.29 is 23.5 Å². The zero-order chi connectivity index (χ0) is 25.3. The number of nitrogens with zero attached hydrogens (tertiary/aromatic N) is 2. The number of carbonyl (C=O) groups excluding carboxylic acids is 2. The Kier molecular flexibility index (Phi) is 9.83. The molecule has 1 aromatic heterocycles. The first-order valence-electron chi connectivity index (χ1n) is 11.7. The topological polar surface area (TPSA) is 84.2 Å². The third kappa shape index (κ3) is 8.32. The van der Waals surface area contributed by atoms with E-state index in [2.05, 4.69) is 5.32 Å². The number of urea groups is 1. The summed E-state index contributed by atoms with van der Waals surface area (Å²) in [4.78, 5) is 29.5. The van der Waals surface area contributed by atoms with Gasteiger partial charge in [-0.3, -0.25) is 4.79 Å². The number of nitrogens with one attached hydrogen (secondary N) is 1. The number of furan rings is 1. The molecule has 1 heterocycles. The minimum absolute atomic E-state index is 0.00137. The summed E-state index contributed by atoms with van der Waals surface area (Å²) in [7, 11) is 3.20. The van der Waals surface area contributed by atoms with Crippen LogP contribution in [-0.2, 0) is 17.8 Å². The zero-order valence-corrected chi connectivity index (χ0v) is 21.6. The van der Waals surface area contributed by atoms with Crippen LogP contribution in [-0.4, -0.2) is 61.1 Å². The number of rotatable bonds is 11. The molecular weight excluding hydrogens is 434 g/mol. The maximum Gasteiger partial charge on any atom is 0.318 e. The molecule has 0 bridgehead atoms. The van der Waals surface area contributed by atoms with Crippen LogP contribution in [0.1, 0.15) is 51.2 Å². The largest absolute Gasteiger partial charge is 0.493 e. The molecule has 2 rings (SSSR count). The van der Waals surface area contributed by atoms with Crippen LogP contribution in [0.4, 0.5) is 4.79 Å². The maximum absolute atomic E-state index is 13.4. The van der Waals surface area contributed by atoms with Gasteiger partial charge in [0.25, 0.3) is 0 Å². The molecule has 0 radical (unpaired) electrons. The number of aryl methyl sites for hydroxylation is 1. The van der Waals surface area contributed by atoms with Gasteiger partial charge in [-0.2, -0.15) is 0 Å². The van der Waals surface area contributed by atoms with Crippen LogP contribution in [0.3, 0.4) is 0 Å². The summed E-state index contributed by atoms with van der Waals surface area (Å²) < 4.78 is 16.4. The van der Waals surface area contributed by atoms with Crippen molar-refractivity contribution in [2.75, 3.05) is 33.9 Å². The highest BCUT2D eigenvalue weighted by atomic mass is 16.5. The predicted molar refractivity (Wildman–Crippen MR) is 132 cm³/mol. The molecule has 0 saturated heterocycles. The van der Waals surface area contributed by atoms with Crippen LogP contribution in [0.15, 0.2) is 34.7 Å². The number of benzene rings is 1. The summed E-state index contributed by atoms with van der Waals surface area (Å²) in [6.45, 7) is 10.9. The normalized spacial score (nSPS) is 11.1. The van der Waals surface area contributed by atoms with E-state index in [-0.39, 0.29) is 24.0 Å². The van der Waals surface area contributed by atoms with Crippen molar-refractivity contribution in [2.24, 2.45) is 0 Å². The van der Waals surface area contributed by atoms with Crippen molar-refractivity contribution in [1.82, 2.24) is 15.1 Å². The van der Waals surface area contributed by atoms with Gasteiger partial charge in [0, 0.05) is 18.6 Å². The van der Waals surface area contributed by atoms with Crippen LogP contribution in [0, 0.1) is 6.92 Å². The van der Waals surface area contributed by atoms with Gasteiger partial charge in [0.15, 0.2) is 11.5 Å². The Morgan fingerprint density at radius 2 is 1.71 bits per heavy atom. The van der Waals surface area contributed by atoms with Gasteiger partial charge in [-0.05, 0) is 70.4 Å². The van der Waals surface area contributed by atoms with Gasteiger partial charge in [-0.15, -0.1) is 0 Å². The van der Waals surface area contributed by atoms with E-state index in [0.29, 0.717) is 43.3 Å². The molecule has 1 aromatic carbocycles. The number of carbonyl (C=O) groups is 2. The van der Waals surface area contributed by atoms with Crippen LogP contribution in [0.25, 0.3) is 0 Å². The molecule has 0 aliphatic heterocycles. The fraction of sp³-hybridized carbons (Fsp3) is 0.538. The molecule has 0 aliphatic carbocycles. The Morgan fingerprint density at radius 1 is 1.00 bits per heavy atom. The third-order valence-electron chi connectivity index (χ3n) is 5.20. The minimum Gasteiger partial charge on any atom is -0.493 e. The Morgan fingerprint density at radius 3 is 2.26 bits per heavy atom. The van der Waals surface area contributed by atoms with Crippen LogP contribution in [0.2, 0.25) is 0 Å². The molecule has 0 aliphatic rings. The van der Waals surface area contributed by atoms with E-state index in [9.17, 15) is 9.59 Å². The highest BCUT2D eigenvalue weighted by Gasteiger charge is 2.24. The lowest BCUT2D eigenvalue weighted by molar-refractivity contribution is -0.132. The number of hydrogen-bond donors (Lipinski definition) is 1. The molecule has 0 spiro atoms. The maximum atomic E-state index is 13.4. The number of amides is 3. The first-order chi connectivity index (χ1) is 16.1. The highest BCUT2D eigenvalue weighted by Crippen LogP contribution is 2.27. The van der Waals surface area contributed by atoms with E-state index < -0.39 is 0 Å². The van der Waals surface area contributed by atoms with Gasteiger partial charge in [0.1, 0.15) is 18.1 Å². The quantitative estimate of drug-likeness (QED) is 0.523. The molecule has 188 valence electrons. The highest BCUT2D eigenvalue weighted by molar-refractivity contribution is 5.84. The Labute approximate surface area is 203 Å². The fourth-order valence-corrected chi connectivity index (χ4v) is 3.54. The SMILES string of the molecule is CCCN(CC(=O)N(CCc1ccc(OC)c(OC)c1)Cc1ccc(C)o1)C(=O)NC(C)(C)C. The Bertz CT molecular complexity index is 948.